The molecule has 1 aromatic heterocycles. The number of hydrogen-bond donors (Lipinski definition) is 2. The highest BCUT2D eigenvalue weighted by Crippen LogP contribution is 2.13. The quantitative estimate of drug-likeness (QED) is 0.561. The fourth-order valence-corrected chi connectivity index (χ4v) is 0.538. The molecule has 0 bridgehead atoms. The molecule has 1 rings (SSSR count). The van der Waals surface area contributed by atoms with Crippen LogP contribution in [0.5, 0.6) is 5.75 Å². The van der Waals surface area contributed by atoms with E-state index in [9.17, 15) is 0 Å². The summed E-state index contributed by atoms with van der Waals surface area (Å²) < 4.78 is 0. The first-order valence-corrected chi connectivity index (χ1v) is 2.33. The summed E-state index contributed by atoms with van der Waals surface area (Å²) in [5.41, 5.74) is 0.671. The summed E-state index contributed by atoms with van der Waals surface area (Å²) in [7, 11) is 0. The molecule has 0 aliphatic rings. The van der Waals surface area contributed by atoms with Crippen LogP contribution in [0.1, 0.15) is 5.69 Å². The molecule has 42 valence electrons. The molecule has 0 spiro atoms. The Morgan fingerprint density at radius 2 is 2.50 bits per heavy atom. The van der Waals surface area contributed by atoms with Crippen LogP contribution < -0.4 is 0 Å². The summed E-state index contributed by atoms with van der Waals surface area (Å²) in [5, 5.41) is 8.85. The molecule has 0 aliphatic carbocycles. The van der Waals surface area contributed by atoms with Gasteiger partial charge in [0.05, 0.1) is 5.69 Å². The van der Waals surface area contributed by atoms with Gasteiger partial charge in [0.25, 0.3) is 0 Å². The first-order chi connectivity index (χ1) is 3.84. The largest absolute Gasteiger partial charge is 0.506 e. The zero-order valence-electron chi connectivity index (χ0n) is 4.39. The minimum absolute atomic E-state index is 0.250. The first-order valence-electron chi connectivity index (χ1n) is 2.33. The minimum atomic E-state index is 0.250. The molecule has 0 aliphatic heterocycles. The Morgan fingerprint density at radius 3 is 2.75 bits per heavy atom. The molecule has 8 heavy (non-hydrogen) atoms. The van der Waals surface area contributed by atoms with E-state index in [0.29, 0.717) is 5.69 Å². The van der Waals surface area contributed by atoms with Crippen molar-refractivity contribution in [3.63, 3.8) is 0 Å². The van der Waals surface area contributed by atoms with Gasteiger partial charge in [0.15, 0.2) is 0 Å². The van der Waals surface area contributed by atoms with Crippen molar-refractivity contribution in [1.29, 1.82) is 0 Å². The smallest absolute Gasteiger partial charge is 0.140 e. The van der Waals surface area contributed by atoms with Gasteiger partial charge in [0.1, 0.15) is 5.75 Å². The summed E-state index contributed by atoms with van der Waals surface area (Å²) >= 11 is 0. The maximum absolute atomic E-state index is 8.85. The third-order valence-electron chi connectivity index (χ3n) is 0.960. The molecule has 2 nitrogen and oxygen atoms in total. The lowest BCUT2D eigenvalue weighted by Gasteiger charge is -1.83. The Bertz CT molecular complexity index is 190. The van der Waals surface area contributed by atoms with Gasteiger partial charge in [-0.25, -0.2) is 0 Å². The van der Waals surface area contributed by atoms with Crippen molar-refractivity contribution >= 4 is 6.08 Å². The Hall–Kier alpha value is -1.18. The van der Waals surface area contributed by atoms with Crippen molar-refractivity contribution in [2.45, 2.75) is 0 Å². The van der Waals surface area contributed by atoms with Crippen LogP contribution in [0, 0.1) is 0 Å². The predicted molar refractivity (Wildman–Crippen MR) is 32.5 cm³/mol. The highest BCUT2D eigenvalue weighted by atomic mass is 16.3. The van der Waals surface area contributed by atoms with Crippen LogP contribution in [0.25, 0.3) is 6.08 Å². The second-order valence-electron chi connectivity index (χ2n) is 1.48. The van der Waals surface area contributed by atoms with Gasteiger partial charge in [-0.15, -0.1) is 0 Å². The number of aromatic amines is 1. The molecule has 2 heteroatoms. The number of nitrogens with one attached hydrogen (secondary N) is 1. The molecular weight excluding hydrogens is 102 g/mol. The summed E-state index contributed by atoms with van der Waals surface area (Å²) in [4.78, 5) is 2.79. The van der Waals surface area contributed by atoms with Crippen molar-refractivity contribution in [3.05, 3.63) is 24.5 Å². The molecule has 0 amide bonds. The van der Waals surface area contributed by atoms with Gasteiger partial charge in [-0.1, -0.05) is 6.58 Å². The van der Waals surface area contributed by atoms with E-state index in [2.05, 4.69) is 11.6 Å². The molecule has 0 saturated carbocycles. The normalized spacial score (nSPS) is 9.00. The molecular formula is C6H7NO. The zero-order chi connectivity index (χ0) is 5.98. The molecule has 0 radical (unpaired) electrons. The molecule has 0 unspecified atom stereocenters. The van der Waals surface area contributed by atoms with Gasteiger partial charge >= 0.3 is 0 Å². The maximum atomic E-state index is 8.85. The van der Waals surface area contributed by atoms with Gasteiger partial charge < -0.3 is 10.1 Å². The second-order valence-corrected chi connectivity index (χ2v) is 1.48. The fraction of sp³-hybridized carbons (Fsp3) is 0. The van der Waals surface area contributed by atoms with E-state index in [1.54, 1.807) is 18.3 Å². The predicted octanol–water partition coefficient (Wildman–Crippen LogP) is 1.36. The number of hydrogen-bond acceptors (Lipinski definition) is 1. The second kappa shape index (κ2) is 1.74. The molecule has 1 aromatic rings. The van der Waals surface area contributed by atoms with Gasteiger partial charge in [-0.05, 0) is 12.1 Å². The number of aromatic nitrogens is 1. The first kappa shape index (κ1) is 4.97. The minimum Gasteiger partial charge on any atom is -0.506 e. The van der Waals surface area contributed by atoms with Crippen molar-refractivity contribution in [2.75, 3.05) is 0 Å². The average molecular weight is 109 g/mol. The van der Waals surface area contributed by atoms with Gasteiger partial charge in [-0.3, -0.25) is 0 Å². The van der Waals surface area contributed by atoms with Gasteiger partial charge in [-0.2, -0.15) is 0 Å². The molecule has 0 fully saturated rings. The Balaban J connectivity index is 3.09. The Labute approximate surface area is 47.5 Å². The highest BCUT2D eigenvalue weighted by Gasteiger charge is 1.91. The molecule has 2 N–H and O–H groups in total. The fourth-order valence-electron chi connectivity index (χ4n) is 0.538. The Kier molecular flexibility index (Phi) is 1.08. The van der Waals surface area contributed by atoms with Crippen LogP contribution in [0.15, 0.2) is 18.8 Å². The monoisotopic (exact) mass is 109 g/mol. The number of H-pyrrole nitrogens is 1. The topological polar surface area (TPSA) is 36.0 Å². The van der Waals surface area contributed by atoms with Crippen molar-refractivity contribution in [3.8, 4) is 5.75 Å². The molecule has 0 aromatic carbocycles. The number of rotatable bonds is 1. The maximum Gasteiger partial charge on any atom is 0.140 e. The van der Waals surface area contributed by atoms with Crippen molar-refractivity contribution < 1.29 is 5.11 Å². The van der Waals surface area contributed by atoms with Crippen LogP contribution in [-0.4, -0.2) is 10.1 Å². The highest BCUT2D eigenvalue weighted by molar-refractivity contribution is 5.50. The molecule has 0 atom stereocenters. The van der Waals surface area contributed by atoms with Crippen LogP contribution in [-0.2, 0) is 0 Å². The van der Waals surface area contributed by atoms with E-state index >= 15 is 0 Å². The van der Waals surface area contributed by atoms with Crippen molar-refractivity contribution in [2.24, 2.45) is 0 Å². The van der Waals surface area contributed by atoms with E-state index in [4.69, 9.17) is 5.11 Å². The zero-order valence-corrected chi connectivity index (χ0v) is 4.39. The Morgan fingerprint density at radius 1 is 1.75 bits per heavy atom. The summed E-state index contributed by atoms with van der Waals surface area (Å²) in [6.45, 7) is 3.47. The van der Waals surface area contributed by atoms with E-state index < -0.39 is 0 Å². The van der Waals surface area contributed by atoms with Crippen LogP contribution in [0.4, 0.5) is 0 Å². The summed E-state index contributed by atoms with van der Waals surface area (Å²) in [6.07, 6.45) is 3.22. The van der Waals surface area contributed by atoms with Gasteiger partial charge in [0, 0.05) is 6.20 Å². The van der Waals surface area contributed by atoms with Gasteiger partial charge in [0.2, 0.25) is 0 Å². The number of aromatic hydroxyl groups is 1. The standard InChI is InChI=1S/C6H7NO/c1-2-5-6(8)3-4-7-5/h2-4,7-8H,1H2. The average Bonchev–Trinajstić information content (AvgIpc) is 2.14. The van der Waals surface area contributed by atoms with E-state index in [1.807, 2.05) is 0 Å². The summed E-state index contributed by atoms with van der Waals surface area (Å²) in [6, 6.07) is 1.58. The van der Waals surface area contributed by atoms with Crippen molar-refractivity contribution in [1.82, 2.24) is 4.98 Å². The van der Waals surface area contributed by atoms with Crippen LogP contribution in [0.2, 0.25) is 0 Å². The van der Waals surface area contributed by atoms with E-state index in [0.717, 1.165) is 0 Å². The third-order valence-corrected chi connectivity index (χ3v) is 0.960. The van der Waals surface area contributed by atoms with Crippen LogP contribution >= 0.6 is 0 Å². The van der Waals surface area contributed by atoms with Crippen LogP contribution in [0.3, 0.4) is 0 Å². The molecule has 0 saturated heterocycles. The SMILES string of the molecule is C=Cc1[nH]ccc1O. The lowest BCUT2D eigenvalue weighted by molar-refractivity contribution is 0.475. The lowest BCUT2D eigenvalue weighted by atomic mass is 10.4. The third kappa shape index (κ3) is 0.601. The molecule has 1 heterocycles. The lowest BCUT2D eigenvalue weighted by Crippen LogP contribution is -1.65. The van der Waals surface area contributed by atoms with E-state index in [1.165, 1.54) is 0 Å². The van der Waals surface area contributed by atoms with E-state index in [-0.39, 0.29) is 5.75 Å². The summed E-state index contributed by atoms with van der Waals surface area (Å²) in [5.74, 6) is 0.250.